The molecule has 742 valence electrons. The number of benzene rings is 5. The molecule has 0 spiro atoms. The maximum Gasteiger partial charge on any atom is 0.262 e. The van der Waals surface area contributed by atoms with Crippen molar-refractivity contribution in [3.05, 3.63) is 244 Å². The standard InChI is InChI=1S/C45H37N7O7.C26H21IN4O2.C19H17N3O5.C16H15N3O5.C3H3Br/c1-50-38-14-15-46-23-37(38)34-9-4-26(17-40(34)50)27-5-13-42(48-21-27)59-32-18-31(19-32)58-30-7-6-28(47-22-30)3-2-16-51-24-33(25-51)57-29-8-10-35-36(20-29)45(56)52(44(35)55)39-11-12-41(53)49-43(39)54;1-31-23-8-9-28-15-22(23)21-5-2-16(10-24(21)31)17-3-7-26(30-13-17)33-20-11-19(12-20)32-18-4-6-25(27)29-14-18;1-2-7-21-9-12(10-21)27-11-3-4-13-14(8-11)19(26)22(18(13)25)15-5-6-16(23)20-17(15)24;20-13-4-3-12(14(21)18-13)19-15(22)10-2-1-8(5-11(10)16(19)23)24-9-6-17-7-9;1-2-3-4/h4-10,13-15,17,20-23,31-33,39H,11-12,16,18-19,24-25H2,1H3,(H,49,53,54);2-10,13-15,19-20H,11-12H2,1H3;1,3-4,8,12,15H,5-7,9-10H2,(H,20,23,24);1-2,5,9,12,17H,3-4,6-7H2,(H,18,20,21);1H,3H2. The van der Waals surface area contributed by atoms with E-state index in [0.29, 0.717) is 85.1 Å². The number of halogens is 2. The molecule has 2 saturated carbocycles. The first kappa shape index (κ1) is 98.2. The summed E-state index contributed by atoms with van der Waals surface area (Å²) in [4.78, 5) is 181. The van der Waals surface area contributed by atoms with E-state index in [2.05, 4.69) is 195 Å². The number of hydrogen-bond donors (Lipinski definition) is 4. The molecule has 147 heavy (non-hydrogen) atoms. The van der Waals surface area contributed by atoms with E-state index in [0.717, 1.165) is 102 Å². The Morgan fingerprint density at radius 3 is 1.12 bits per heavy atom. The van der Waals surface area contributed by atoms with E-state index in [4.69, 9.17) is 46.0 Å². The molecule has 3 atom stereocenters. The molecule has 38 heteroatoms. The minimum atomic E-state index is -1.01. The number of carbonyl (C=O) groups is 12. The number of aromatic nitrogens is 8. The Morgan fingerprint density at radius 1 is 0.374 bits per heavy atom. The number of fused-ring (bicyclic) bond motifs is 9. The van der Waals surface area contributed by atoms with Gasteiger partial charge in [-0.05, 0) is 174 Å². The summed E-state index contributed by atoms with van der Waals surface area (Å²) >= 11 is 5.20. The van der Waals surface area contributed by atoms with Gasteiger partial charge in [-0.15, -0.1) is 12.8 Å². The van der Waals surface area contributed by atoms with Crippen LogP contribution in [-0.2, 0) is 42.9 Å². The minimum absolute atomic E-state index is 0.0187. The first-order valence-electron chi connectivity index (χ1n) is 47.8. The van der Waals surface area contributed by atoms with Crippen molar-refractivity contribution >= 4 is 153 Å². The monoisotopic (exact) mass is 2150 g/mol. The van der Waals surface area contributed by atoms with Gasteiger partial charge in [-0.2, -0.15) is 0 Å². The molecule has 13 aromatic rings. The molecule has 24 rings (SSSR count). The van der Waals surface area contributed by atoms with Crippen LogP contribution in [-0.4, -0.2) is 253 Å². The fourth-order valence-corrected chi connectivity index (χ4v) is 19.4. The Hall–Kier alpha value is -16.2. The van der Waals surface area contributed by atoms with Gasteiger partial charge in [0.2, 0.25) is 47.2 Å². The van der Waals surface area contributed by atoms with Crippen molar-refractivity contribution in [1.29, 1.82) is 0 Å². The van der Waals surface area contributed by atoms with Crippen molar-refractivity contribution in [1.82, 2.24) is 84.8 Å². The molecule has 6 saturated heterocycles. The van der Waals surface area contributed by atoms with Crippen LogP contribution in [0.3, 0.4) is 0 Å². The number of amides is 12. The van der Waals surface area contributed by atoms with Crippen LogP contribution in [0.2, 0.25) is 0 Å². The van der Waals surface area contributed by atoms with E-state index < -0.39 is 89.0 Å². The number of hydrogen-bond acceptors (Lipinski definition) is 28. The second-order valence-electron chi connectivity index (χ2n) is 36.8. The zero-order valence-electron chi connectivity index (χ0n) is 79.2. The van der Waals surface area contributed by atoms with Gasteiger partial charge in [0.05, 0.1) is 75.2 Å². The summed E-state index contributed by atoms with van der Waals surface area (Å²) in [5.41, 5.74) is 11.0. The lowest BCUT2D eigenvalue weighted by Gasteiger charge is -2.37. The molecule has 4 N–H and O–H groups in total. The predicted molar refractivity (Wildman–Crippen MR) is 547 cm³/mol. The third-order valence-electron chi connectivity index (χ3n) is 27.1. The number of pyridine rings is 6. The number of nitrogens with zero attached hydrogens (tertiary/aromatic N) is 13. The molecule has 0 radical (unpaired) electrons. The van der Waals surface area contributed by atoms with Gasteiger partial charge in [0.25, 0.3) is 35.4 Å². The van der Waals surface area contributed by atoms with Crippen LogP contribution in [0.1, 0.15) is 132 Å². The molecular formula is C109H93BrIN17O19. The Bertz CT molecular complexity index is 7640. The summed E-state index contributed by atoms with van der Waals surface area (Å²) in [6, 6.07) is 43.9. The Balaban J connectivity index is 0.000000126. The molecule has 2 aliphatic carbocycles. The van der Waals surface area contributed by atoms with Gasteiger partial charge in [0, 0.05) is 191 Å². The highest BCUT2D eigenvalue weighted by molar-refractivity contribution is 14.1. The molecule has 36 nitrogen and oxygen atoms in total. The van der Waals surface area contributed by atoms with E-state index in [1.165, 1.54) is 39.3 Å². The number of carbonyl (C=O) groups excluding carboxylic acids is 12. The van der Waals surface area contributed by atoms with Gasteiger partial charge in [0.1, 0.15) is 99.0 Å². The molecule has 11 aliphatic rings. The summed E-state index contributed by atoms with van der Waals surface area (Å²) in [6.45, 7) is 5.30. The van der Waals surface area contributed by atoms with Gasteiger partial charge in [-0.3, -0.25) is 108 Å². The van der Waals surface area contributed by atoms with Gasteiger partial charge >= 0.3 is 0 Å². The van der Waals surface area contributed by atoms with Crippen molar-refractivity contribution in [2.75, 3.05) is 57.7 Å². The summed E-state index contributed by atoms with van der Waals surface area (Å²) in [5.74, 6) is 9.10. The highest BCUT2D eigenvalue weighted by atomic mass is 127. The number of aryl methyl sites for hydroxylation is 2. The number of imide groups is 6. The van der Waals surface area contributed by atoms with Gasteiger partial charge in [-0.1, -0.05) is 58.0 Å². The fraction of sp³-hybridized carbons (Fsp3) is 0.284. The minimum Gasteiger partial charge on any atom is -0.489 e. The topological polar surface area (TPSA) is 421 Å². The molecule has 8 aromatic heterocycles. The normalized spacial score (nSPS) is 20.4. The molecule has 17 heterocycles. The maximum atomic E-state index is 13.1. The lowest BCUT2D eigenvalue weighted by atomic mass is 9.92. The highest BCUT2D eigenvalue weighted by Gasteiger charge is 2.49. The van der Waals surface area contributed by atoms with Gasteiger partial charge < -0.3 is 47.6 Å². The molecule has 8 fully saturated rings. The molecule has 12 amide bonds. The first-order valence-corrected chi connectivity index (χ1v) is 50.0. The number of alkyl halides is 1. The summed E-state index contributed by atoms with van der Waals surface area (Å²) in [5, 5.41) is 15.0. The Labute approximate surface area is 862 Å². The summed E-state index contributed by atoms with van der Waals surface area (Å²) in [7, 11) is 4.17. The van der Waals surface area contributed by atoms with Crippen LogP contribution < -0.4 is 54.4 Å². The maximum absolute atomic E-state index is 13.1. The smallest absolute Gasteiger partial charge is 0.262 e. The number of nitrogens with one attached hydrogen (secondary N) is 4. The van der Waals surface area contributed by atoms with Gasteiger partial charge in [-0.25, -0.2) is 19.9 Å². The van der Waals surface area contributed by atoms with Crippen LogP contribution in [0.5, 0.6) is 40.5 Å². The first-order chi connectivity index (χ1) is 71.3. The fourth-order valence-electron chi connectivity index (χ4n) is 19.1. The quantitative estimate of drug-likeness (QED) is 0.0171. The second kappa shape index (κ2) is 42.6. The van der Waals surface area contributed by atoms with Crippen LogP contribution in [0.25, 0.3) is 65.9 Å². The van der Waals surface area contributed by atoms with Crippen molar-refractivity contribution in [3.63, 3.8) is 0 Å². The van der Waals surface area contributed by atoms with Crippen molar-refractivity contribution in [2.45, 2.75) is 125 Å². The number of likely N-dealkylation sites (tertiary alicyclic amines) is 2. The van der Waals surface area contributed by atoms with Gasteiger partial charge in [0.15, 0.2) is 0 Å². The molecule has 0 bridgehead atoms. The number of ether oxygens (including phenoxy) is 7. The summed E-state index contributed by atoms with van der Waals surface area (Å²) < 4.78 is 47.2. The average Bonchev–Trinajstić information content (AvgIpc) is 1.62. The van der Waals surface area contributed by atoms with Crippen molar-refractivity contribution < 1.29 is 90.7 Å². The van der Waals surface area contributed by atoms with Crippen molar-refractivity contribution in [3.8, 4) is 99.3 Å². The van der Waals surface area contributed by atoms with E-state index in [1.54, 1.807) is 54.9 Å². The van der Waals surface area contributed by atoms with E-state index in [-0.39, 0.29) is 115 Å². The zero-order chi connectivity index (χ0) is 102. The van der Waals surface area contributed by atoms with Crippen LogP contribution in [0.4, 0.5) is 0 Å². The Morgan fingerprint density at radius 2 is 0.755 bits per heavy atom. The van der Waals surface area contributed by atoms with E-state index in [1.807, 2.05) is 85.7 Å². The molecule has 3 unspecified atom stereocenters. The van der Waals surface area contributed by atoms with Crippen LogP contribution in [0, 0.1) is 40.2 Å². The van der Waals surface area contributed by atoms with Crippen molar-refractivity contribution in [2.24, 2.45) is 14.1 Å². The molecule has 5 aromatic carbocycles. The predicted octanol–water partition coefficient (Wildman–Crippen LogP) is 10.7. The number of piperidine rings is 3. The summed E-state index contributed by atoms with van der Waals surface area (Å²) in [6.07, 6.45) is 28.8. The van der Waals surface area contributed by atoms with Crippen LogP contribution >= 0.6 is 38.5 Å². The second-order valence-corrected chi connectivity index (χ2v) is 38.5. The molecule has 9 aliphatic heterocycles. The average molecular weight is 2150 g/mol. The molecular weight excluding hydrogens is 2060 g/mol. The Kier molecular flexibility index (Phi) is 28.5. The highest BCUT2D eigenvalue weighted by Crippen LogP contribution is 2.41. The number of terminal acetylenes is 2. The SMILES string of the molecule is C#CCBr.C#CCN1CC(Oc2ccc3c(c2)C(=O)N(C2CCC(=O)NC2=O)C3=O)C1.Cn1c2ccncc2c2ccc(-c3ccc(OC4CC(Oc5ccc(C#CCN6CC(Oc7ccc8c(c7)C(=O)N(C7CCC(=O)NC7=O)C8=O)C6)nc5)C4)nc3)cc21.Cn1c2ccncc2c2ccc(-c3ccc(OC4CC(Oc5ccc(I)nc5)C4)nc3)cc21.O=C1CCC(N2C(=O)c3ccc(OC4CNC4)cc3C2=O)C(=O)N1. The van der Waals surface area contributed by atoms with E-state index in [9.17, 15) is 57.5 Å². The third-order valence-corrected chi connectivity index (χ3v) is 28.1. The lowest BCUT2D eigenvalue weighted by molar-refractivity contribution is -0.137. The van der Waals surface area contributed by atoms with E-state index >= 15 is 0 Å². The number of rotatable bonds is 21. The third kappa shape index (κ3) is 21.0. The lowest BCUT2D eigenvalue weighted by Crippen LogP contribution is -2.54. The zero-order valence-corrected chi connectivity index (χ0v) is 83.0. The largest absolute Gasteiger partial charge is 0.489 e. The van der Waals surface area contributed by atoms with Crippen LogP contribution in [0.15, 0.2) is 201 Å².